The Labute approximate surface area is 119 Å². The zero-order chi connectivity index (χ0) is 14.7. The minimum absolute atomic E-state index is 0.0552. The van der Waals surface area contributed by atoms with Crippen molar-refractivity contribution in [2.24, 2.45) is 0 Å². The number of nitrogens with zero attached hydrogens (tertiary/aromatic N) is 3. The predicted octanol–water partition coefficient (Wildman–Crippen LogP) is 2.77. The molecule has 4 nitrogen and oxygen atoms in total. The third-order valence-electron chi connectivity index (χ3n) is 3.21. The highest BCUT2D eigenvalue weighted by Gasteiger charge is 2.21. The fourth-order valence-electron chi connectivity index (χ4n) is 2.28. The number of rotatable bonds is 5. The van der Waals surface area contributed by atoms with Gasteiger partial charge in [-0.1, -0.05) is 18.2 Å². The Morgan fingerprint density at radius 2 is 2.00 bits per heavy atom. The van der Waals surface area contributed by atoms with Gasteiger partial charge < -0.3 is 4.90 Å². The second-order valence-electron chi connectivity index (χ2n) is 4.72. The first-order valence-electron chi connectivity index (χ1n) is 6.55. The molecule has 0 aromatic carbocycles. The Bertz CT molecular complexity index is 660. The van der Waals surface area contributed by atoms with Gasteiger partial charge in [0.25, 0.3) is 5.91 Å². The van der Waals surface area contributed by atoms with Crippen LogP contribution in [0.1, 0.15) is 21.7 Å². The van der Waals surface area contributed by atoms with E-state index in [4.69, 9.17) is 0 Å². The summed E-state index contributed by atoms with van der Waals surface area (Å²) in [6.07, 6.45) is 5.30. The molecule has 0 bridgehead atoms. The van der Waals surface area contributed by atoms with Crippen LogP contribution in [-0.4, -0.2) is 33.3 Å². The van der Waals surface area contributed by atoms with E-state index in [2.05, 4.69) is 18.1 Å². The first-order chi connectivity index (χ1) is 9.60. The molecular formula is C16H19N3O. The van der Waals surface area contributed by atoms with Crippen LogP contribution in [-0.2, 0) is 0 Å². The molecule has 2 rings (SSSR count). The zero-order valence-corrected chi connectivity index (χ0v) is 12.0. The zero-order valence-electron chi connectivity index (χ0n) is 12.0. The summed E-state index contributed by atoms with van der Waals surface area (Å²) in [5.41, 5.74) is 3.22. The monoisotopic (exact) mass is 269 g/mol. The molecular weight excluding hydrogens is 250 g/mol. The van der Waals surface area contributed by atoms with E-state index >= 15 is 0 Å². The summed E-state index contributed by atoms with van der Waals surface area (Å²) in [5.74, 6) is -0.0552. The lowest BCUT2D eigenvalue weighted by Gasteiger charge is -2.19. The van der Waals surface area contributed by atoms with Gasteiger partial charge >= 0.3 is 0 Å². The number of aromatic nitrogens is 2. The fraction of sp³-hybridized carbons (Fsp3) is 0.250. The summed E-state index contributed by atoms with van der Waals surface area (Å²) >= 11 is 0. The van der Waals surface area contributed by atoms with E-state index in [-0.39, 0.29) is 5.91 Å². The summed E-state index contributed by atoms with van der Waals surface area (Å²) in [6.45, 7) is 12.2. The van der Waals surface area contributed by atoms with Gasteiger partial charge in [-0.15, -0.1) is 13.2 Å². The van der Waals surface area contributed by atoms with Crippen LogP contribution in [0.3, 0.4) is 0 Å². The highest BCUT2D eigenvalue weighted by molar-refractivity contribution is 5.95. The first kappa shape index (κ1) is 14.1. The molecule has 0 aliphatic rings. The summed E-state index contributed by atoms with van der Waals surface area (Å²) in [4.78, 5) is 18.9. The van der Waals surface area contributed by atoms with Gasteiger partial charge in [-0.05, 0) is 25.5 Å². The summed E-state index contributed by atoms with van der Waals surface area (Å²) < 4.78 is 1.85. The van der Waals surface area contributed by atoms with E-state index in [1.807, 2.05) is 36.6 Å². The molecule has 20 heavy (non-hydrogen) atoms. The lowest BCUT2D eigenvalue weighted by atomic mass is 10.2. The molecule has 1 amide bonds. The van der Waals surface area contributed by atoms with Crippen LogP contribution >= 0.6 is 0 Å². The number of fused-ring (bicyclic) bond motifs is 1. The van der Waals surface area contributed by atoms with Crippen molar-refractivity contribution in [1.82, 2.24) is 14.3 Å². The van der Waals surface area contributed by atoms with Gasteiger partial charge in [0.05, 0.1) is 5.69 Å². The maximum Gasteiger partial charge on any atom is 0.273 e. The molecule has 104 valence electrons. The van der Waals surface area contributed by atoms with Crippen molar-refractivity contribution in [3.05, 3.63) is 60.6 Å². The number of amides is 1. The molecule has 0 spiro atoms. The summed E-state index contributed by atoms with van der Waals surface area (Å²) in [7, 11) is 0. The Balaban J connectivity index is 2.53. The fourth-order valence-corrected chi connectivity index (χ4v) is 2.28. The van der Waals surface area contributed by atoms with Crippen LogP contribution < -0.4 is 0 Å². The number of carbonyl (C=O) groups excluding carboxylic acids is 1. The summed E-state index contributed by atoms with van der Waals surface area (Å²) in [5, 5.41) is 0. The number of aryl methyl sites for hydroxylation is 2. The highest BCUT2D eigenvalue weighted by Crippen LogP contribution is 2.17. The average Bonchev–Trinajstić information content (AvgIpc) is 2.75. The molecule has 0 N–H and O–H groups in total. The van der Waals surface area contributed by atoms with Crippen LogP contribution in [0.5, 0.6) is 0 Å². The van der Waals surface area contributed by atoms with Crippen molar-refractivity contribution in [2.75, 3.05) is 13.1 Å². The van der Waals surface area contributed by atoms with Gasteiger partial charge in [0.1, 0.15) is 11.3 Å². The number of pyridine rings is 1. The van der Waals surface area contributed by atoms with Crippen molar-refractivity contribution >= 4 is 11.6 Å². The van der Waals surface area contributed by atoms with Gasteiger partial charge in [-0.2, -0.15) is 0 Å². The van der Waals surface area contributed by atoms with E-state index < -0.39 is 0 Å². The van der Waals surface area contributed by atoms with Crippen LogP contribution in [0.4, 0.5) is 0 Å². The van der Waals surface area contributed by atoms with Crippen LogP contribution in [0.2, 0.25) is 0 Å². The number of hydrogen-bond donors (Lipinski definition) is 0. The Morgan fingerprint density at radius 1 is 1.35 bits per heavy atom. The predicted molar refractivity (Wildman–Crippen MR) is 81.0 cm³/mol. The largest absolute Gasteiger partial charge is 0.330 e. The minimum atomic E-state index is -0.0552. The lowest BCUT2D eigenvalue weighted by molar-refractivity contribution is 0.0783. The second kappa shape index (κ2) is 5.74. The van der Waals surface area contributed by atoms with E-state index in [0.717, 1.165) is 16.9 Å². The highest BCUT2D eigenvalue weighted by atomic mass is 16.2. The smallest absolute Gasteiger partial charge is 0.273 e. The van der Waals surface area contributed by atoms with E-state index in [1.165, 1.54) is 0 Å². The minimum Gasteiger partial charge on any atom is -0.330 e. The Kier molecular flexibility index (Phi) is 4.03. The van der Waals surface area contributed by atoms with Gasteiger partial charge in [0.15, 0.2) is 0 Å². The average molecular weight is 269 g/mol. The maximum atomic E-state index is 12.7. The van der Waals surface area contributed by atoms with Crippen molar-refractivity contribution in [3.63, 3.8) is 0 Å². The van der Waals surface area contributed by atoms with Gasteiger partial charge in [-0.25, -0.2) is 4.98 Å². The van der Waals surface area contributed by atoms with Crippen LogP contribution in [0.15, 0.2) is 43.6 Å². The van der Waals surface area contributed by atoms with E-state index in [1.54, 1.807) is 17.1 Å². The Hall–Kier alpha value is -2.36. The SMILES string of the molecule is C=CCN(CC=C)C(=O)c1c(C)nc2c(C)cccn12. The molecule has 2 heterocycles. The molecule has 0 unspecified atom stereocenters. The first-order valence-corrected chi connectivity index (χ1v) is 6.55. The molecule has 0 aliphatic heterocycles. The van der Waals surface area contributed by atoms with Crippen LogP contribution in [0, 0.1) is 13.8 Å². The molecule has 2 aromatic rings. The molecule has 0 saturated carbocycles. The third kappa shape index (κ3) is 2.37. The lowest BCUT2D eigenvalue weighted by Crippen LogP contribution is -2.32. The van der Waals surface area contributed by atoms with Crippen molar-refractivity contribution in [3.8, 4) is 0 Å². The maximum absolute atomic E-state index is 12.7. The third-order valence-corrected chi connectivity index (χ3v) is 3.21. The molecule has 0 aliphatic carbocycles. The second-order valence-corrected chi connectivity index (χ2v) is 4.72. The Morgan fingerprint density at radius 3 is 2.60 bits per heavy atom. The molecule has 4 heteroatoms. The molecule has 0 atom stereocenters. The number of imidazole rings is 1. The topological polar surface area (TPSA) is 37.6 Å². The molecule has 0 radical (unpaired) electrons. The summed E-state index contributed by atoms with van der Waals surface area (Å²) in [6, 6.07) is 3.91. The van der Waals surface area contributed by atoms with Gasteiger partial charge in [0, 0.05) is 19.3 Å². The van der Waals surface area contributed by atoms with Crippen molar-refractivity contribution in [2.45, 2.75) is 13.8 Å². The van der Waals surface area contributed by atoms with Crippen LogP contribution in [0.25, 0.3) is 5.65 Å². The van der Waals surface area contributed by atoms with Crippen molar-refractivity contribution in [1.29, 1.82) is 0 Å². The van der Waals surface area contributed by atoms with E-state index in [0.29, 0.717) is 18.8 Å². The van der Waals surface area contributed by atoms with Crippen molar-refractivity contribution < 1.29 is 4.79 Å². The quantitative estimate of drug-likeness (QED) is 0.783. The normalized spacial score (nSPS) is 10.5. The van der Waals surface area contributed by atoms with Gasteiger partial charge in [0.2, 0.25) is 0 Å². The van der Waals surface area contributed by atoms with Gasteiger partial charge in [-0.3, -0.25) is 9.20 Å². The number of carbonyl (C=O) groups is 1. The molecule has 0 fully saturated rings. The standard InChI is InChI=1S/C16H19N3O/c1-5-9-18(10-6-2)16(20)14-13(4)17-15-12(3)8-7-11-19(14)15/h5-8,11H,1-2,9-10H2,3-4H3. The number of hydrogen-bond acceptors (Lipinski definition) is 2. The van der Waals surface area contributed by atoms with E-state index in [9.17, 15) is 4.79 Å². The molecule has 2 aromatic heterocycles. The molecule has 0 saturated heterocycles.